The number of amides is 1. The van der Waals surface area contributed by atoms with Crippen molar-refractivity contribution in [3.05, 3.63) is 0 Å². The van der Waals surface area contributed by atoms with Gasteiger partial charge in [0.15, 0.2) is 0 Å². The van der Waals surface area contributed by atoms with Crippen LogP contribution in [-0.4, -0.2) is 18.5 Å². The molecule has 0 saturated carbocycles. The highest BCUT2D eigenvalue weighted by Crippen LogP contribution is 2.16. The number of nitrogens with one attached hydrogen (secondary N) is 1. The highest BCUT2D eigenvalue weighted by molar-refractivity contribution is 5.79. The minimum absolute atomic E-state index is 0.0478. The molecule has 1 saturated heterocycles. The number of hydrogen-bond acceptors (Lipinski definition) is 3. The third kappa shape index (κ3) is 2.21. The first-order valence-corrected chi connectivity index (χ1v) is 4.17. The normalized spacial score (nSPS) is 25.7. The molecule has 0 spiro atoms. The zero-order valence-electron chi connectivity index (χ0n) is 6.92. The summed E-state index contributed by atoms with van der Waals surface area (Å²) in [6.07, 6.45) is 2.35. The second kappa shape index (κ2) is 4.07. The van der Waals surface area contributed by atoms with Crippen molar-refractivity contribution in [3.63, 3.8) is 0 Å². The molecule has 0 bridgehead atoms. The van der Waals surface area contributed by atoms with Crippen LogP contribution in [0, 0.1) is 17.2 Å². The summed E-state index contributed by atoms with van der Waals surface area (Å²) in [7, 11) is 0. The number of nitrogens with two attached hydrogens (primary N) is 1. The zero-order chi connectivity index (χ0) is 8.97. The van der Waals surface area contributed by atoms with Crippen molar-refractivity contribution in [1.82, 2.24) is 5.32 Å². The van der Waals surface area contributed by atoms with E-state index in [9.17, 15) is 4.79 Å². The van der Waals surface area contributed by atoms with Crippen molar-refractivity contribution in [2.75, 3.05) is 6.54 Å². The van der Waals surface area contributed by atoms with Crippen LogP contribution in [0.1, 0.15) is 19.3 Å². The van der Waals surface area contributed by atoms with Crippen LogP contribution in [-0.2, 0) is 4.79 Å². The topological polar surface area (TPSA) is 78.9 Å². The standard InChI is InChI=1S/C8H13N3O/c9-5-7(10)4-6-2-1-3-11-8(6)12/h6-7H,1-4,10H2,(H,11,12)/t6-,7-/m0/s1. The molecule has 0 aromatic rings. The fourth-order valence-electron chi connectivity index (χ4n) is 1.42. The number of carbonyl (C=O) groups excluding carboxylic acids is 1. The van der Waals surface area contributed by atoms with Crippen molar-refractivity contribution in [1.29, 1.82) is 5.26 Å². The lowest BCUT2D eigenvalue weighted by molar-refractivity contribution is -0.126. The Morgan fingerprint density at radius 3 is 3.17 bits per heavy atom. The molecule has 1 aliphatic heterocycles. The SMILES string of the molecule is N#C[C@@H](N)C[C@@H]1CCCNC1=O. The van der Waals surface area contributed by atoms with E-state index in [1.807, 2.05) is 6.07 Å². The Kier molecular flexibility index (Phi) is 3.06. The molecule has 1 fully saturated rings. The Morgan fingerprint density at radius 1 is 1.83 bits per heavy atom. The minimum atomic E-state index is -0.501. The van der Waals surface area contributed by atoms with Crippen LogP contribution in [0.25, 0.3) is 0 Å². The summed E-state index contributed by atoms with van der Waals surface area (Å²) in [6, 6.07) is 1.43. The van der Waals surface area contributed by atoms with E-state index >= 15 is 0 Å². The summed E-state index contributed by atoms with van der Waals surface area (Å²) >= 11 is 0. The number of piperidine rings is 1. The van der Waals surface area contributed by atoms with E-state index in [2.05, 4.69) is 5.32 Å². The summed E-state index contributed by atoms with van der Waals surface area (Å²) in [5, 5.41) is 11.2. The van der Waals surface area contributed by atoms with Crippen LogP contribution in [0.4, 0.5) is 0 Å². The lowest BCUT2D eigenvalue weighted by atomic mass is 9.92. The molecule has 0 aromatic carbocycles. The van der Waals surface area contributed by atoms with Crippen LogP contribution >= 0.6 is 0 Å². The second-order valence-electron chi connectivity index (χ2n) is 3.10. The lowest BCUT2D eigenvalue weighted by Gasteiger charge is -2.22. The van der Waals surface area contributed by atoms with Gasteiger partial charge in [0.1, 0.15) is 0 Å². The molecule has 1 rings (SSSR count). The van der Waals surface area contributed by atoms with Gasteiger partial charge in [0, 0.05) is 12.5 Å². The van der Waals surface area contributed by atoms with Gasteiger partial charge in [-0.1, -0.05) is 0 Å². The maximum atomic E-state index is 11.2. The van der Waals surface area contributed by atoms with Gasteiger partial charge in [-0.2, -0.15) is 5.26 Å². The molecule has 0 aliphatic carbocycles. The fourth-order valence-corrected chi connectivity index (χ4v) is 1.42. The number of rotatable bonds is 2. The van der Waals surface area contributed by atoms with E-state index in [1.165, 1.54) is 0 Å². The summed E-state index contributed by atoms with van der Waals surface area (Å²) in [5.41, 5.74) is 5.42. The highest BCUT2D eigenvalue weighted by Gasteiger charge is 2.23. The number of nitriles is 1. The number of carbonyl (C=O) groups is 1. The minimum Gasteiger partial charge on any atom is -0.356 e. The van der Waals surface area contributed by atoms with Gasteiger partial charge in [0.25, 0.3) is 0 Å². The molecular weight excluding hydrogens is 154 g/mol. The van der Waals surface area contributed by atoms with Gasteiger partial charge in [0.05, 0.1) is 12.1 Å². The van der Waals surface area contributed by atoms with Gasteiger partial charge in [-0.15, -0.1) is 0 Å². The van der Waals surface area contributed by atoms with E-state index < -0.39 is 6.04 Å². The zero-order valence-corrected chi connectivity index (χ0v) is 6.92. The second-order valence-corrected chi connectivity index (χ2v) is 3.10. The average Bonchev–Trinajstić information content (AvgIpc) is 2.09. The van der Waals surface area contributed by atoms with E-state index in [1.54, 1.807) is 0 Å². The fraction of sp³-hybridized carbons (Fsp3) is 0.750. The Labute approximate surface area is 71.7 Å². The van der Waals surface area contributed by atoms with Crippen LogP contribution in [0.5, 0.6) is 0 Å². The van der Waals surface area contributed by atoms with Gasteiger partial charge >= 0.3 is 0 Å². The summed E-state index contributed by atoms with van der Waals surface area (Å²) < 4.78 is 0. The Bertz CT molecular complexity index is 209. The molecule has 3 N–H and O–H groups in total. The van der Waals surface area contributed by atoms with Crippen LogP contribution in [0.2, 0.25) is 0 Å². The molecule has 1 aliphatic rings. The summed E-state index contributed by atoms with van der Waals surface area (Å²) in [5.74, 6) is 0.000324. The summed E-state index contributed by atoms with van der Waals surface area (Å²) in [6.45, 7) is 0.761. The summed E-state index contributed by atoms with van der Waals surface area (Å²) in [4.78, 5) is 11.2. The van der Waals surface area contributed by atoms with E-state index in [-0.39, 0.29) is 11.8 Å². The number of hydrogen-bond donors (Lipinski definition) is 2. The Balaban J connectivity index is 2.40. The van der Waals surface area contributed by atoms with Gasteiger partial charge in [-0.25, -0.2) is 0 Å². The van der Waals surface area contributed by atoms with Crippen LogP contribution in [0.15, 0.2) is 0 Å². The number of nitrogens with zero attached hydrogens (tertiary/aromatic N) is 1. The van der Waals surface area contributed by atoms with E-state index in [0.717, 1.165) is 19.4 Å². The molecular formula is C8H13N3O. The van der Waals surface area contributed by atoms with Crippen molar-refractivity contribution in [2.24, 2.45) is 11.7 Å². The molecule has 1 amide bonds. The smallest absolute Gasteiger partial charge is 0.223 e. The van der Waals surface area contributed by atoms with Crippen molar-refractivity contribution in [2.45, 2.75) is 25.3 Å². The van der Waals surface area contributed by atoms with Gasteiger partial charge < -0.3 is 11.1 Å². The third-order valence-electron chi connectivity index (χ3n) is 2.10. The van der Waals surface area contributed by atoms with Gasteiger partial charge in [0.2, 0.25) is 5.91 Å². The molecule has 0 aromatic heterocycles. The lowest BCUT2D eigenvalue weighted by Crippen LogP contribution is -2.39. The molecule has 1 heterocycles. The Morgan fingerprint density at radius 2 is 2.58 bits per heavy atom. The van der Waals surface area contributed by atoms with Crippen molar-refractivity contribution >= 4 is 5.91 Å². The first-order valence-electron chi connectivity index (χ1n) is 4.17. The quantitative estimate of drug-likeness (QED) is 0.595. The van der Waals surface area contributed by atoms with E-state index in [4.69, 9.17) is 11.0 Å². The van der Waals surface area contributed by atoms with Crippen molar-refractivity contribution < 1.29 is 4.79 Å². The predicted octanol–water partition coefficient (Wildman–Crippen LogP) is -0.246. The molecule has 66 valence electrons. The first kappa shape index (κ1) is 9.01. The molecule has 12 heavy (non-hydrogen) atoms. The molecule has 0 unspecified atom stereocenters. The third-order valence-corrected chi connectivity index (χ3v) is 2.10. The van der Waals surface area contributed by atoms with Crippen LogP contribution in [0.3, 0.4) is 0 Å². The highest BCUT2D eigenvalue weighted by atomic mass is 16.1. The first-order chi connectivity index (χ1) is 5.74. The molecule has 2 atom stereocenters. The average molecular weight is 167 g/mol. The maximum absolute atomic E-state index is 11.2. The van der Waals surface area contributed by atoms with E-state index in [0.29, 0.717) is 6.42 Å². The molecule has 0 radical (unpaired) electrons. The maximum Gasteiger partial charge on any atom is 0.223 e. The van der Waals surface area contributed by atoms with Crippen LogP contribution < -0.4 is 11.1 Å². The molecule has 4 nitrogen and oxygen atoms in total. The largest absolute Gasteiger partial charge is 0.356 e. The van der Waals surface area contributed by atoms with Gasteiger partial charge in [-0.3, -0.25) is 4.79 Å². The predicted molar refractivity (Wildman–Crippen MR) is 43.9 cm³/mol. The Hall–Kier alpha value is -1.08. The van der Waals surface area contributed by atoms with Crippen molar-refractivity contribution in [3.8, 4) is 6.07 Å². The van der Waals surface area contributed by atoms with Gasteiger partial charge in [-0.05, 0) is 19.3 Å². The molecule has 4 heteroatoms. The monoisotopic (exact) mass is 167 g/mol.